The molecule has 2 fully saturated rings. The standard InChI is InChI=1S/C9H16N.3C6H5.Sn/c1-9(6-10)5-7-2-3-8(9)4-7;3*1-2-4-6-5-3-1;/h5,7-8H,2-4,6,10H2,1H3;3*1-5H;/t7-,8+,9-;;;;/m0..../s1. The fourth-order valence-corrected chi connectivity index (χ4v) is 25.8. The summed E-state index contributed by atoms with van der Waals surface area (Å²) < 4.78 is 5.53. The summed E-state index contributed by atoms with van der Waals surface area (Å²) >= 11 is -3.35. The normalized spacial score (nSPS) is 28.6. The molecule has 2 saturated carbocycles. The van der Waals surface area contributed by atoms with Gasteiger partial charge in [-0.05, 0) is 0 Å². The molecular weight excluding hydrogens is 457 g/mol. The van der Waals surface area contributed by atoms with Crippen molar-refractivity contribution in [3.63, 3.8) is 0 Å². The molecule has 3 aromatic carbocycles. The molecule has 5 rings (SSSR count). The van der Waals surface area contributed by atoms with Gasteiger partial charge < -0.3 is 0 Å². The molecule has 0 amide bonds. The second kappa shape index (κ2) is 7.59. The zero-order valence-corrected chi connectivity index (χ0v) is 20.2. The van der Waals surface area contributed by atoms with E-state index < -0.39 is 18.4 Å². The monoisotopic (exact) mass is 489 g/mol. The molecule has 29 heavy (non-hydrogen) atoms. The first-order chi connectivity index (χ1) is 14.2. The van der Waals surface area contributed by atoms with Gasteiger partial charge in [0.25, 0.3) is 0 Å². The zero-order chi connectivity index (χ0) is 19.9. The summed E-state index contributed by atoms with van der Waals surface area (Å²) in [5, 5.41) is 0. The van der Waals surface area contributed by atoms with Crippen LogP contribution in [0.5, 0.6) is 0 Å². The fraction of sp³-hybridized carbons (Fsp3) is 0.333. The molecule has 1 nitrogen and oxygen atoms in total. The van der Waals surface area contributed by atoms with Gasteiger partial charge in [0, 0.05) is 0 Å². The molecule has 3 aromatic rings. The van der Waals surface area contributed by atoms with Crippen molar-refractivity contribution in [3.05, 3.63) is 91.0 Å². The average molecular weight is 488 g/mol. The molecule has 2 heteroatoms. The molecule has 2 aliphatic carbocycles. The first-order valence-corrected chi connectivity index (χ1v) is 17.0. The van der Waals surface area contributed by atoms with E-state index in [2.05, 4.69) is 97.9 Å². The summed E-state index contributed by atoms with van der Waals surface area (Å²) in [4.78, 5) is 0. The van der Waals surface area contributed by atoms with E-state index in [4.69, 9.17) is 5.73 Å². The summed E-state index contributed by atoms with van der Waals surface area (Å²) in [6.45, 7) is 3.34. The third kappa shape index (κ3) is 2.84. The molecule has 0 heterocycles. The Morgan fingerprint density at radius 1 is 0.759 bits per heavy atom. The van der Waals surface area contributed by atoms with Gasteiger partial charge in [0.2, 0.25) is 0 Å². The van der Waals surface area contributed by atoms with Crippen molar-refractivity contribution in [2.45, 2.75) is 30.1 Å². The molecular formula is C27H31NSn. The van der Waals surface area contributed by atoms with Gasteiger partial charge in [0.1, 0.15) is 0 Å². The van der Waals surface area contributed by atoms with Crippen LogP contribution in [0.4, 0.5) is 0 Å². The van der Waals surface area contributed by atoms with Gasteiger partial charge in [-0.15, -0.1) is 0 Å². The van der Waals surface area contributed by atoms with Crippen LogP contribution in [0.2, 0.25) is 3.93 Å². The van der Waals surface area contributed by atoms with Crippen molar-refractivity contribution in [2.75, 3.05) is 6.54 Å². The summed E-state index contributed by atoms with van der Waals surface area (Å²) in [6.07, 6.45) is 4.13. The zero-order valence-electron chi connectivity index (χ0n) is 17.3. The van der Waals surface area contributed by atoms with Gasteiger partial charge in [-0.3, -0.25) is 0 Å². The second-order valence-corrected chi connectivity index (χ2v) is 20.7. The van der Waals surface area contributed by atoms with Crippen LogP contribution in [0.3, 0.4) is 0 Å². The third-order valence-electron chi connectivity index (χ3n) is 8.18. The van der Waals surface area contributed by atoms with Crippen LogP contribution in [0.25, 0.3) is 0 Å². The van der Waals surface area contributed by atoms with Gasteiger partial charge in [0.05, 0.1) is 0 Å². The van der Waals surface area contributed by atoms with Crippen LogP contribution in [-0.4, -0.2) is 24.9 Å². The molecule has 0 aliphatic heterocycles. The van der Waals surface area contributed by atoms with E-state index in [9.17, 15) is 0 Å². The van der Waals surface area contributed by atoms with Gasteiger partial charge in [0.15, 0.2) is 0 Å². The van der Waals surface area contributed by atoms with Gasteiger partial charge in [-0.25, -0.2) is 0 Å². The topological polar surface area (TPSA) is 26.0 Å². The van der Waals surface area contributed by atoms with Crippen molar-refractivity contribution >= 4 is 29.1 Å². The van der Waals surface area contributed by atoms with Gasteiger partial charge in [-0.2, -0.15) is 0 Å². The summed E-state index contributed by atoms with van der Waals surface area (Å²) in [6, 6.07) is 34.6. The van der Waals surface area contributed by atoms with Gasteiger partial charge >= 0.3 is 180 Å². The first kappa shape index (κ1) is 19.4. The van der Waals surface area contributed by atoms with Gasteiger partial charge in [-0.1, -0.05) is 0 Å². The number of fused-ring (bicyclic) bond motifs is 2. The van der Waals surface area contributed by atoms with E-state index in [0.29, 0.717) is 3.93 Å². The van der Waals surface area contributed by atoms with E-state index >= 15 is 0 Å². The molecule has 0 spiro atoms. The Hall–Kier alpha value is -1.58. The van der Waals surface area contributed by atoms with Crippen LogP contribution in [-0.2, 0) is 0 Å². The SMILES string of the molecule is C[C@]1(CN)[C@@H]2CC[C@@H](C2)[C@H]1[Sn]([c]1ccccc1)([c]1ccccc1)[c]1ccccc1. The van der Waals surface area contributed by atoms with E-state index in [1.165, 1.54) is 19.3 Å². The number of nitrogens with two attached hydrogens (primary N) is 1. The summed E-state index contributed by atoms with van der Waals surface area (Å²) in [5.41, 5.74) is 6.85. The molecule has 4 atom stereocenters. The van der Waals surface area contributed by atoms with Crippen LogP contribution < -0.4 is 16.5 Å². The molecule has 2 bridgehead atoms. The van der Waals surface area contributed by atoms with E-state index in [1.807, 2.05) is 0 Å². The van der Waals surface area contributed by atoms with E-state index in [1.54, 1.807) is 10.7 Å². The van der Waals surface area contributed by atoms with Crippen molar-refractivity contribution in [2.24, 2.45) is 23.0 Å². The molecule has 2 aliphatic rings. The Balaban J connectivity index is 1.87. The third-order valence-corrected chi connectivity index (χ3v) is 24.7. The molecule has 0 saturated heterocycles. The Labute approximate surface area is 179 Å². The Morgan fingerprint density at radius 2 is 1.21 bits per heavy atom. The van der Waals surface area contributed by atoms with E-state index in [-0.39, 0.29) is 5.41 Å². The number of hydrogen-bond donors (Lipinski definition) is 1. The predicted molar refractivity (Wildman–Crippen MR) is 126 cm³/mol. The van der Waals surface area contributed by atoms with Crippen LogP contribution in [0, 0.1) is 17.3 Å². The van der Waals surface area contributed by atoms with Crippen LogP contribution in [0.1, 0.15) is 26.2 Å². The maximum absolute atomic E-state index is 6.61. The average Bonchev–Trinajstić information content (AvgIpc) is 3.38. The predicted octanol–water partition coefficient (Wildman–Crippen LogP) is 3.92. The van der Waals surface area contributed by atoms with Crippen molar-refractivity contribution in [1.82, 2.24) is 0 Å². The first-order valence-electron chi connectivity index (χ1n) is 11.1. The summed E-state index contributed by atoms with van der Waals surface area (Å²) in [7, 11) is 0. The number of rotatable bonds is 5. The van der Waals surface area contributed by atoms with Crippen LogP contribution >= 0.6 is 0 Å². The minimum atomic E-state index is -3.35. The van der Waals surface area contributed by atoms with Crippen molar-refractivity contribution < 1.29 is 0 Å². The number of hydrogen-bond acceptors (Lipinski definition) is 1. The Kier molecular flexibility index (Phi) is 5.07. The molecule has 0 radical (unpaired) electrons. The quantitative estimate of drug-likeness (QED) is 0.542. The fourth-order valence-electron chi connectivity index (χ4n) is 6.99. The minimum absolute atomic E-state index is 0.237. The maximum atomic E-state index is 6.61. The van der Waals surface area contributed by atoms with E-state index in [0.717, 1.165) is 18.4 Å². The molecule has 0 unspecified atom stereocenters. The number of benzene rings is 3. The molecule has 0 aromatic heterocycles. The van der Waals surface area contributed by atoms with Crippen molar-refractivity contribution in [3.8, 4) is 0 Å². The molecule has 2 N–H and O–H groups in total. The second-order valence-electron chi connectivity index (χ2n) is 9.36. The van der Waals surface area contributed by atoms with Crippen LogP contribution in [0.15, 0.2) is 91.0 Å². The Morgan fingerprint density at radius 3 is 1.62 bits per heavy atom. The Bertz CT molecular complexity index is 859. The molecule has 148 valence electrons. The van der Waals surface area contributed by atoms with Crippen molar-refractivity contribution in [1.29, 1.82) is 0 Å². The summed E-state index contributed by atoms with van der Waals surface area (Å²) in [5.74, 6) is 1.60.